The van der Waals surface area contributed by atoms with Gasteiger partial charge in [-0.15, -0.1) is 0 Å². The van der Waals surface area contributed by atoms with Crippen LogP contribution in [-0.2, 0) is 67.2 Å². The monoisotopic (exact) mass is 2000 g/mol. The van der Waals surface area contributed by atoms with E-state index in [2.05, 4.69) is 136 Å². The number of fused-ring (bicyclic) bond motifs is 6. The van der Waals surface area contributed by atoms with Crippen molar-refractivity contribution in [3.05, 3.63) is 390 Å². The van der Waals surface area contributed by atoms with Crippen LogP contribution in [0.25, 0.3) is 33.4 Å². The Morgan fingerprint density at radius 1 is 0.429 bits per heavy atom. The number of aryl methyl sites for hydroxylation is 1. The summed E-state index contributed by atoms with van der Waals surface area (Å²) in [6.45, 7) is 27.2. The van der Waals surface area contributed by atoms with Crippen molar-refractivity contribution in [3.8, 4) is 91.2 Å². The molecule has 2 aliphatic carbocycles. The lowest BCUT2D eigenvalue weighted by atomic mass is 9.68. The maximum atomic E-state index is 13.5. The normalized spacial score (nSPS) is 14.2. The van der Waals surface area contributed by atoms with Crippen molar-refractivity contribution in [2.45, 2.75) is 115 Å². The fraction of sp³-hybridized carbons (Fsp3) is 0.267. The molecule has 147 heavy (non-hydrogen) atoms. The molecule has 27 heteroatoms. The maximum absolute atomic E-state index is 13.5. The SMILES string of the molecule is C.C.C.C.C.C.C=C(C)C(=O)OCC1CO1.C=CC(=O)OCOc1ccc(-c2ccc(C#N)cc2)cc1.C=CC(=O)OCOc1ccc(C(=O)Oc2ccc3c(c2)C(C)c2cc(OC(=O)c4ccc(OCOC(=O)C=C)cc4)ccc2-3)cc1.CCC1(COc2ccc(C(=O)Oc3ccc(C)c(F)c3)cc2)COC1.c1ccc2c(c1)-c1ccccc1C2(c1ccc(OCCOCC2CO2)cc1)c1ccc(OCCC2CO2)cc1. The van der Waals surface area contributed by atoms with Gasteiger partial charge in [0.2, 0.25) is 20.4 Å². The number of hydrogen-bond donors (Lipinski definition) is 0. The van der Waals surface area contributed by atoms with E-state index in [0.717, 1.165) is 102 Å². The van der Waals surface area contributed by atoms with Crippen LogP contribution in [0.2, 0.25) is 0 Å². The number of esters is 7. The summed E-state index contributed by atoms with van der Waals surface area (Å²) in [5, 5.41) is 8.77. The summed E-state index contributed by atoms with van der Waals surface area (Å²) in [5.41, 5.74) is 15.7. The van der Waals surface area contributed by atoms with Crippen molar-refractivity contribution in [2.24, 2.45) is 5.41 Å². The number of rotatable bonds is 38. The minimum absolute atomic E-state index is 0. The number of halogens is 1. The number of nitrogens with zero attached hydrogens (tertiary/aromatic N) is 1. The third-order valence-corrected chi connectivity index (χ3v) is 23.4. The first-order valence-corrected chi connectivity index (χ1v) is 45.5. The zero-order valence-electron chi connectivity index (χ0n) is 78.2. The number of carbonyl (C=O) groups is 7. The Morgan fingerprint density at radius 2 is 0.796 bits per heavy atom. The van der Waals surface area contributed by atoms with Crippen molar-refractivity contribution in [1.82, 2.24) is 0 Å². The molecule has 3 unspecified atom stereocenters. The molecule has 12 aromatic rings. The molecule has 18 rings (SSSR count). The largest absolute Gasteiger partial charge is 0.493 e. The number of ether oxygens (including phenoxy) is 18. The van der Waals surface area contributed by atoms with Crippen LogP contribution in [0.4, 0.5) is 4.39 Å². The second-order valence-corrected chi connectivity index (χ2v) is 33.2. The minimum atomic E-state index is -0.603. The number of benzene rings is 12. The van der Waals surface area contributed by atoms with Gasteiger partial charge in [0.15, 0.2) is 0 Å². The van der Waals surface area contributed by atoms with Gasteiger partial charge >= 0.3 is 41.8 Å². The highest BCUT2D eigenvalue weighted by molar-refractivity contribution is 5.94. The molecule has 6 aliphatic rings. The third kappa shape index (κ3) is 32.0. The number of epoxide rings is 3. The van der Waals surface area contributed by atoms with Crippen molar-refractivity contribution in [3.63, 3.8) is 0 Å². The van der Waals surface area contributed by atoms with E-state index in [-0.39, 0.29) is 100 Å². The summed E-state index contributed by atoms with van der Waals surface area (Å²) in [5.74, 6) is 0.647. The van der Waals surface area contributed by atoms with Gasteiger partial charge in [-0.2, -0.15) is 5.26 Å². The van der Waals surface area contributed by atoms with E-state index < -0.39 is 47.0 Å². The van der Waals surface area contributed by atoms with Crippen molar-refractivity contribution in [1.29, 1.82) is 5.26 Å². The molecule has 0 aromatic heterocycles. The lowest BCUT2D eigenvalue weighted by Gasteiger charge is -2.40. The first kappa shape index (κ1) is 116. The first-order valence-electron chi connectivity index (χ1n) is 45.5. The van der Waals surface area contributed by atoms with Crippen LogP contribution >= 0.6 is 0 Å². The van der Waals surface area contributed by atoms with E-state index in [4.69, 9.17) is 90.5 Å². The molecule has 0 amide bonds. The maximum Gasteiger partial charge on any atom is 0.343 e. The molecular formula is C120H128FNO25. The van der Waals surface area contributed by atoms with E-state index in [1.807, 2.05) is 55.5 Å². The van der Waals surface area contributed by atoms with Gasteiger partial charge in [-0.3, -0.25) is 0 Å². The summed E-state index contributed by atoms with van der Waals surface area (Å²) < 4.78 is 109. The van der Waals surface area contributed by atoms with Crippen LogP contribution < -0.4 is 42.6 Å². The Kier molecular flexibility index (Phi) is 44.4. The van der Waals surface area contributed by atoms with Gasteiger partial charge in [-0.05, 0) is 244 Å². The van der Waals surface area contributed by atoms with E-state index in [0.29, 0.717) is 120 Å². The van der Waals surface area contributed by atoms with Gasteiger partial charge in [0.25, 0.3) is 0 Å². The van der Waals surface area contributed by atoms with Crippen LogP contribution in [0.5, 0.6) is 51.7 Å². The quantitative estimate of drug-likeness (QED) is 0.00660. The van der Waals surface area contributed by atoms with Crippen LogP contribution in [0.15, 0.2) is 323 Å². The standard InChI is InChI=1S/C36H28O10.C34H32O5.C20H21FO4.C17H13NO3.C7H10O3.6CH4/c1-4-33(37)43-20-41-25-10-6-23(7-11-25)35(39)45-27-14-16-29-30-17-15-28(19-32(30)22(3)31(29)18-27)46-36(40)24-8-12-26(13-9-24)42-21-44-34(38)5-2;1-3-7-32-30(5-1)31-6-2-4-8-33(31)34(32,24-9-13-26(14-10-24)36-18-17-28-22-38-28)25-11-15-27(16-12-25)37-20-19-35-21-29-23-39-29;1-3-20(11-23-12-20)13-24-16-8-5-15(6-9-16)19(22)25-17-7-4-14(2)18(21)10-17;1-2-17(19)21-12-20-16-9-7-15(8-10-16)14-5-3-13(11-18)4-6-14;1-5(2)7(8)10-4-6-3-9-6;;;;;;/h4-19,22H,1-2,20-21H2,3H3;1-16,28-29H,17-23H2;4-10H,3,11-13H2,1-2H3;2-10H,1,12H2;6H,1,3-4H2,2H3;6*1H4. The first-order chi connectivity index (χ1) is 68.5. The Morgan fingerprint density at radius 3 is 1.18 bits per heavy atom. The van der Waals surface area contributed by atoms with Crippen molar-refractivity contribution >= 4 is 41.8 Å². The molecule has 3 atom stereocenters. The molecule has 4 saturated heterocycles. The summed E-state index contributed by atoms with van der Waals surface area (Å²) in [4.78, 5) is 81.5. The molecule has 4 heterocycles. The molecule has 0 saturated carbocycles. The molecule has 4 aliphatic heterocycles. The van der Waals surface area contributed by atoms with E-state index in [1.165, 1.54) is 39.4 Å². The second kappa shape index (κ2) is 56.2. The highest BCUT2D eigenvalue weighted by atomic mass is 19.1. The van der Waals surface area contributed by atoms with Gasteiger partial charge in [0.1, 0.15) is 83.0 Å². The van der Waals surface area contributed by atoms with Gasteiger partial charge in [-0.25, -0.2) is 38.0 Å². The Hall–Kier alpha value is -16.1. The van der Waals surface area contributed by atoms with E-state index in [9.17, 15) is 38.0 Å². The highest BCUT2D eigenvalue weighted by Crippen LogP contribution is 2.57. The molecule has 0 bridgehead atoms. The lowest BCUT2D eigenvalue weighted by molar-refractivity contribution is -0.145. The third-order valence-electron chi connectivity index (χ3n) is 23.4. The van der Waals surface area contributed by atoms with Crippen LogP contribution in [0, 0.1) is 29.5 Å². The molecule has 0 radical (unpaired) electrons. The second-order valence-electron chi connectivity index (χ2n) is 33.2. The fourth-order valence-corrected chi connectivity index (χ4v) is 15.1. The summed E-state index contributed by atoms with van der Waals surface area (Å²) in [6.07, 6.45) is 5.87. The smallest absolute Gasteiger partial charge is 0.343 e. The molecular weight excluding hydrogens is 1870 g/mol. The number of hydrogen-bond acceptors (Lipinski definition) is 26. The predicted octanol–water partition coefficient (Wildman–Crippen LogP) is 24.2. The lowest BCUT2D eigenvalue weighted by Crippen LogP contribution is -2.46. The van der Waals surface area contributed by atoms with E-state index in [1.54, 1.807) is 135 Å². The molecule has 0 N–H and O–H groups in total. The summed E-state index contributed by atoms with van der Waals surface area (Å²) in [7, 11) is 0. The summed E-state index contributed by atoms with van der Waals surface area (Å²) >= 11 is 0. The molecule has 26 nitrogen and oxygen atoms in total. The minimum Gasteiger partial charge on any atom is -0.493 e. The molecule has 4 fully saturated rings. The highest BCUT2D eigenvalue weighted by Gasteiger charge is 2.46. The predicted molar refractivity (Wildman–Crippen MR) is 561 cm³/mol. The average Bonchev–Trinajstić information content (AvgIpc) is 1.54. The van der Waals surface area contributed by atoms with Gasteiger partial charge in [0, 0.05) is 42.2 Å². The van der Waals surface area contributed by atoms with Crippen LogP contribution in [0.1, 0.15) is 160 Å². The molecule has 770 valence electrons. The number of carbonyl (C=O) groups excluding carboxylic acids is 7. The Labute approximate surface area is 860 Å². The fourth-order valence-electron chi connectivity index (χ4n) is 15.1. The van der Waals surface area contributed by atoms with Gasteiger partial charge in [0.05, 0.1) is 105 Å². The Balaban J connectivity index is 0.000000236. The van der Waals surface area contributed by atoms with Crippen molar-refractivity contribution in [2.75, 3.05) is 93.1 Å². The van der Waals surface area contributed by atoms with Crippen molar-refractivity contribution < 1.29 is 123 Å². The zero-order chi connectivity index (χ0) is 99.2. The number of nitriles is 1. The van der Waals surface area contributed by atoms with Gasteiger partial charge < -0.3 is 85.3 Å². The molecule has 12 aromatic carbocycles. The topological polar surface area (TPSA) is 319 Å². The zero-order valence-corrected chi connectivity index (χ0v) is 78.2. The van der Waals surface area contributed by atoms with Gasteiger partial charge in [-0.1, -0.05) is 200 Å². The average molecular weight is 2000 g/mol. The van der Waals surface area contributed by atoms with Crippen LogP contribution in [-0.4, -0.2) is 153 Å². The van der Waals surface area contributed by atoms with E-state index >= 15 is 0 Å². The summed E-state index contributed by atoms with van der Waals surface area (Å²) in [6, 6.07) is 85.9. The molecule has 0 spiro atoms. The van der Waals surface area contributed by atoms with Crippen LogP contribution in [0.3, 0.4) is 0 Å². The Bertz CT molecular complexity index is 6280.